The number of carbonyl (C=O) groups is 2. The Morgan fingerprint density at radius 2 is 2.00 bits per heavy atom. The zero-order valence-electron chi connectivity index (χ0n) is 11.7. The average molecular weight is 271 g/mol. The van der Waals surface area contributed by atoms with Gasteiger partial charge in [0.25, 0.3) is 0 Å². The number of rotatable bonds is 8. The minimum atomic E-state index is -0.888. The van der Waals surface area contributed by atoms with Crippen LogP contribution >= 0.6 is 0 Å². The lowest BCUT2D eigenvalue weighted by molar-refractivity contribution is -0.137. The highest BCUT2D eigenvalue weighted by Crippen LogP contribution is 2.06. The fraction of sp³-hybridized carbons (Fsp3) is 0.846. The number of carbonyl (C=O) groups excluding carboxylic acids is 1. The van der Waals surface area contributed by atoms with Gasteiger partial charge in [0.05, 0.1) is 6.42 Å². The molecule has 0 aliphatic carbocycles. The molecule has 1 aliphatic rings. The highest BCUT2D eigenvalue weighted by molar-refractivity contribution is 5.75. The molecule has 1 saturated heterocycles. The quantitative estimate of drug-likeness (QED) is 0.576. The molecule has 6 heteroatoms. The van der Waals surface area contributed by atoms with E-state index in [1.54, 1.807) is 0 Å². The Hall–Kier alpha value is -1.30. The molecule has 0 aromatic rings. The minimum absolute atomic E-state index is 0.0301. The number of hydrogen-bond donors (Lipinski definition) is 3. The van der Waals surface area contributed by atoms with E-state index >= 15 is 0 Å². The first-order valence-corrected chi connectivity index (χ1v) is 7.10. The van der Waals surface area contributed by atoms with E-state index in [9.17, 15) is 9.59 Å². The van der Waals surface area contributed by atoms with Crippen LogP contribution in [0.25, 0.3) is 0 Å². The Kier molecular flexibility index (Phi) is 7.25. The van der Waals surface area contributed by atoms with E-state index < -0.39 is 5.97 Å². The molecule has 1 heterocycles. The first-order valence-electron chi connectivity index (χ1n) is 7.10. The van der Waals surface area contributed by atoms with E-state index in [0.29, 0.717) is 13.0 Å². The second-order valence-corrected chi connectivity index (χ2v) is 5.01. The van der Waals surface area contributed by atoms with Crippen molar-refractivity contribution in [2.75, 3.05) is 26.2 Å². The van der Waals surface area contributed by atoms with Crippen molar-refractivity contribution >= 4 is 12.0 Å². The summed E-state index contributed by atoms with van der Waals surface area (Å²) in [6.07, 6.45) is 4.08. The first kappa shape index (κ1) is 15.8. The second-order valence-electron chi connectivity index (χ2n) is 5.01. The van der Waals surface area contributed by atoms with Gasteiger partial charge in [-0.25, -0.2) is 4.79 Å². The molecule has 19 heavy (non-hydrogen) atoms. The lowest BCUT2D eigenvalue weighted by Crippen LogP contribution is -2.43. The van der Waals surface area contributed by atoms with Crippen LogP contribution in [0.2, 0.25) is 0 Å². The summed E-state index contributed by atoms with van der Waals surface area (Å²) in [4.78, 5) is 24.5. The summed E-state index contributed by atoms with van der Waals surface area (Å²) in [6.45, 7) is 5.85. The molecule has 6 nitrogen and oxygen atoms in total. The van der Waals surface area contributed by atoms with Crippen LogP contribution in [0.4, 0.5) is 4.79 Å². The number of nitrogens with zero attached hydrogens (tertiary/aromatic N) is 1. The van der Waals surface area contributed by atoms with Gasteiger partial charge >= 0.3 is 12.0 Å². The third-order valence-corrected chi connectivity index (χ3v) is 3.38. The lowest BCUT2D eigenvalue weighted by atomic mass is 10.1. The van der Waals surface area contributed by atoms with Crippen LogP contribution in [0, 0.1) is 0 Å². The number of hydrogen-bond acceptors (Lipinski definition) is 3. The molecular weight excluding hydrogens is 246 g/mol. The Balaban J connectivity index is 2.07. The molecule has 1 rings (SSSR count). The summed E-state index contributed by atoms with van der Waals surface area (Å²) in [5.74, 6) is -0.888. The third-order valence-electron chi connectivity index (χ3n) is 3.38. The van der Waals surface area contributed by atoms with Gasteiger partial charge < -0.3 is 20.6 Å². The largest absolute Gasteiger partial charge is 0.481 e. The van der Waals surface area contributed by atoms with Crippen molar-refractivity contribution in [3.8, 4) is 0 Å². The zero-order valence-corrected chi connectivity index (χ0v) is 11.7. The number of carboxylic acid groups (broad SMARTS) is 1. The van der Waals surface area contributed by atoms with Gasteiger partial charge in [-0.15, -0.1) is 0 Å². The number of likely N-dealkylation sites (tertiary alicyclic amines) is 1. The summed E-state index contributed by atoms with van der Waals surface area (Å²) in [7, 11) is 0. The SMILES string of the molecule is CCC(CC(=O)O)NC(=O)NCCCN1CCCC1. The molecule has 1 atom stereocenters. The van der Waals surface area contributed by atoms with Crippen LogP contribution in [0.15, 0.2) is 0 Å². The molecule has 2 amide bonds. The van der Waals surface area contributed by atoms with E-state index in [1.165, 1.54) is 25.9 Å². The maximum atomic E-state index is 11.6. The Bertz CT molecular complexity index is 291. The van der Waals surface area contributed by atoms with Crippen molar-refractivity contribution in [1.29, 1.82) is 0 Å². The molecule has 0 aromatic heterocycles. The third kappa shape index (κ3) is 7.00. The number of carboxylic acids is 1. The maximum absolute atomic E-state index is 11.6. The Morgan fingerprint density at radius 3 is 2.58 bits per heavy atom. The molecule has 0 spiro atoms. The van der Waals surface area contributed by atoms with Crippen molar-refractivity contribution in [3.05, 3.63) is 0 Å². The van der Waals surface area contributed by atoms with Crippen molar-refractivity contribution in [1.82, 2.24) is 15.5 Å². The van der Waals surface area contributed by atoms with Gasteiger partial charge in [-0.2, -0.15) is 0 Å². The predicted octanol–water partition coefficient (Wildman–Crippen LogP) is 1.02. The van der Waals surface area contributed by atoms with E-state index in [2.05, 4.69) is 15.5 Å². The smallest absolute Gasteiger partial charge is 0.315 e. The van der Waals surface area contributed by atoms with E-state index in [-0.39, 0.29) is 18.5 Å². The molecule has 0 radical (unpaired) electrons. The van der Waals surface area contributed by atoms with Gasteiger partial charge in [0, 0.05) is 12.6 Å². The summed E-state index contributed by atoms with van der Waals surface area (Å²) in [5, 5.41) is 14.1. The van der Waals surface area contributed by atoms with E-state index in [4.69, 9.17) is 5.11 Å². The van der Waals surface area contributed by atoms with Crippen molar-refractivity contribution < 1.29 is 14.7 Å². The van der Waals surface area contributed by atoms with Gasteiger partial charge in [0.15, 0.2) is 0 Å². The molecule has 1 aliphatic heterocycles. The van der Waals surface area contributed by atoms with Crippen LogP contribution < -0.4 is 10.6 Å². The van der Waals surface area contributed by atoms with Gasteiger partial charge in [-0.3, -0.25) is 4.79 Å². The summed E-state index contributed by atoms with van der Waals surface area (Å²) in [5.41, 5.74) is 0. The number of aliphatic carboxylic acids is 1. The van der Waals surface area contributed by atoms with E-state index in [1.807, 2.05) is 6.92 Å². The van der Waals surface area contributed by atoms with Crippen LogP contribution in [-0.2, 0) is 4.79 Å². The fourth-order valence-corrected chi connectivity index (χ4v) is 2.26. The molecule has 1 unspecified atom stereocenters. The van der Waals surface area contributed by atoms with Crippen LogP contribution in [-0.4, -0.2) is 54.2 Å². The van der Waals surface area contributed by atoms with Crippen LogP contribution in [0.3, 0.4) is 0 Å². The van der Waals surface area contributed by atoms with Crippen molar-refractivity contribution in [2.24, 2.45) is 0 Å². The molecule has 1 fully saturated rings. The molecule has 110 valence electrons. The highest BCUT2D eigenvalue weighted by Gasteiger charge is 2.14. The van der Waals surface area contributed by atoms with Crippen molar-refractivity contribution in [2.45, 2.75) is 45.1 Å². The normalized spacial score (nSPS) is 17.1. The molecule has 0 saturated carbocycles. The summed E-state index contributed by atoms with van der Waals surface area (Å²) >= 11 is 0. The highest BCUT2D eigenvalue weighted by atomic mass is 16.4. The summed E-state index contributed by atoms with van der Waals surface area (Å²) in [6, 6.07) is -0.564. The number of urea groups is 1. The van der Waals surface area contributed by atoms with Crippen LogP contribution in [0.5, 0.6) is 0 Å². The lowest BCUT2D eigenvalue weighted by Gasteiger charge is -2.17. The van der Waals surface area contributed by atoms with E-state index in [0.717, 1.165) is 13.0 Å². The topological polar surface area (TPSA) is 81.7 Å². The van der Waals surface area contributed by atoms with Crippen molar-refractivity contribution in [3.63, 3.8) is 0 Å². The average Bonchev–Trinajstić information content (AvgIpc) is 2.86. The first-order chi connectivity index (χ1) is 9.11. The molecule has 3 N–H and O–H groups in total. The maximum Gasteiger partial charge on any atom is 0.315 e. The van der Waals surface area contributed by atoms with Gasteiger partial charge in [-0.1, -0.05) is 6.92 Å². The second kappa shape index (κ2) is 8.74. The van der Waals surface area contributed by atoms with Crippen LogP contribution in [0.1, 0.15) is 39.0 Å². The molecular formula is C13H25N3O3. The fourth-order valence-electron chi connectivity index (χ4n) is 2.26. The monoisotopic (exact) mass is 271 g/mol. The standard InChI is InChI=1S/C13H25N3O3/c1-2-11(10-12(17)18)15-13(19)14-6-5-9-16-7-3-4-8-16/h11H,2-10H2,1H3,(H,17,18)(H2,14,15,19). The Morgan fingerprint density at radius 1 is 1.32 bits per heavy atom. The van der Waals surface area contributed by atoms with Gasteiger partial charge in [0.2, 0.25) is 0 Å². The van der Waals surface area contributed by atoms with Gasteiger partial charge in [0.1, 0.15) is 0 Å². The van der Waals surface area contributed by atoms with Gasteiger partial charge in [-0.05, 0) is 45.3 Å². The predicted molar refractivity (Wildman–Crippen MR) is 73.2 cm³/mol. The number of nitrogens with one attached hydrogen (secondary N) is 2. The molecule has 0 bridgehead atoms. The minimum Gasteiger partial charge on any atom is -0.481 e. The number of amides is 2. The molecule has 0 aromatic carbocycles. The zero-order chi connectivity index (χ0) is 14.1. The summed E-state index contributed by atoms with van der Waals surface area (Å²) < 4.78 is 0. The Labute approximate surface area is 114 Å².